The second-order valence-electron chi connectivity index (χ2n) is 5.85. The van der Waals surface area contributed by atoms with Crippen LogP contribution in [0.3, 0.4) is 0 Å². The van der Waals surface area contributed by atoms with Crippen LogP contribution in [0.15, 0.2) is 48.5 Å². The number of aryl methyl sites for hydroxylation is 1. The number of aromatic nitrogens is 2. The summed E-state index contributed by atoms with van der Waals surface area (Å²) in [6.07, 6.45) is 0. The van der Waals surface area contributed by atoms with Gasteiger partial charge in [0.2, 0.25) is 0 Å². The van der Waals surface area contributed by atoms with Gasteiger partial charge in [-0.25, -0.2) is 9.48 Å². The number of carbonyl (C=O) groups is 1. The minimum Gasteiger partial charge on any atom is -0.457 e. The fraction of sp³-hybridized carbons (Fsp3) is 0.150. The summed E-state index contributed by atoms with van der Waals surface area (Å²) in [5, 5.41) is 14.2. The van der Waals surface area contributed by atoms with Crippen molar-refractivity contribution < 1.29 is 9.53 Å². The van der Waals surface area contributed by atoms with E-state index in [0.29, 0.717) is 28.4 Å². The molecule has 3 aromatic rings. The SMILES string of the molecule is Cc1nn(Cc2ccccc2Cl)c(Cl)c1C(=O)OCc1ccccc1C#N. The molecule has 0 fully saturated rings. The van der Waals surface area contributed by atoms with E-state index in [-0.39, 0.29) is 17.3 Å². The van der Waals surface area contributed by atoms with Crippen LogP contribution in [0.4, 0.5) is 0 Å². The topological polar surface area (TPSA) is 67.9 Å². The van der Waals surface area contributed by atoms with Crippen molar-refractivity contribution in [1.82, 2.24) is 9.78 Å². The van der Waals surface area contributed by atoms with Gasteiger partial charge >= 0.3 is 5.97 Å². The molecule has 0 bridgehead atoms. The average Bonchev–Trinajstić information content (AvgIpc) is 2.95. The second-order valence-corrected chi connectivity index (χ2v) is 6.61. The summed E-state index contributed by atoms with van der Waals surface area (Å²) in [6, 6.07) is 16.4. The highest BCUT2D eigenvalue weighted by Crippen LogP contribution is 2.24. The third-order valence-corrected chi connectivity index (χ3v) is 4.80. The molecular weight excluding hydrogens is 385 g/mol. The van der Waals surface area contributed by atoms with Crippen molar-refractivity contribution >= 4 is 29.2 Å². The van der Waals surface area contributed by atoms with Crippen LogP contribution in [0.2, 0.25) is 10.2 Å². The molecule has 0 saturated heterocycles. The van der Waals surface area contributed by atoms with Crippen molar-refractivity contribution in [1.29, 1.82) is 5.26 Å². The molecular formula is C20H15Cl2N3O2. The van der Waals surface area contributed by atoms with E-state index in [1.807, 2.05) is 18.2 Å². The Morgan fingerprint density at radius 2 is 1.81 bits per heavy atom. The maximum atomic E-state index is 12.5. The largest absolute Gasteiger partial charge is 0.457 e. The van der Waals surface area contributed by atoms with Crippen molar-refractivity contribution in [2.45, 2.75) is 20.1 Å². The van der Waals surface area contributed by atoms with Gasteiger partial charge < -0.3 is 4.74 Å². The zero-order chi connectivity index (χ0) is 19.4. The van der Waals surface area contributed by atoms with E-state index in [2.05, 4.69) is 11.2 Å². The standard InChI is InChI=1S/C20H15Cl2N3O2/c1-13-18(20(26)27-12-16-8-3-2-6-14(16)10-23)19(22)25(24-13)11-15-7-4-5-9-17(15)21/h2-9H,11-12H2,1H3. The molecule has 1 heterocycles. The number of esters is 1. The van der Waals surface area contributed by atoms with Gasteiger partial charge in [-0.1, -0.05) is 59.6 Å². The highest BCUT2D eigenvalue weighted by molar-refractivity contribution is 6.33. The monoisotopic (exact) mass is 399 g/mol. The van der Waals surface area contributed by atoms with Crippen LogP contribution in [0.25, 0.3) is 0 Å². The summed E-state index contributed by atoms with van der Waals surface area (Å²) in [5.74, 6) is -0.587. The molecule has 0 aliphatic rings. The number of benzene rings is 2. The number of hydrogen-bond donors (Lipinski definition) is 0. The van der Waals surface area contributed by atoms with Crippen LogP contribution < -0.4 is 0 Å². The Balaban J connectivity index is 1.79. The summed E-state index contributed by atoms with van der Waals surface area (Å²) in [5.41, 5.74) is 2.60. The lowest BCUT2D eigenvalue weighted by molar-refractivity contribution is 0.0471. The molecule has 27 heavy (non-hydrogen) atoms. The minimum absolute atomic E-state index is 0.0198. The molecule has 0 saturated carbocycles. The van der Waals surface area contributed by atoms with E-state index < -0.39 is 5.97 Å². The Morgan fingerprint density at radius 3 is 2.52 bits per heavy atom. The molecule has 5 nitrogen and oxygen atoms in total. The first-order valence-electron chi connectivity index (χ1n) is 8.12. The zero-order valence-electron chi connectivity index (χ0n) is 14.4. The molecule has 7 heteroatoms. The number of rotatable bonds is 5. The normalized spacial score (nSPS) is 10.4. The molecule has 0 atom stereocenters. The molecule has 0 N–H and O–H groups in total. The van der Waals surface area contributed by atoms with Gasteiger partial charge in [-0.15, -0.1) is 0 Å². The first kappa shape index (κ1) is 19.0. The van der Waals surface area contributed by atoms with Crippen LogP contribution in [-0.2, 0) is 17.9 Å². The van der Waals surface area contributed by atoms with E-state index in [9.17, 15) is 4.79 Å². The Bertz CT molecular complexity index is 1040. The van der Waals surface area contributed by atoms with Gasteiger partial charge in [-0.3, -0.25) is 0 Å². The Hall–Kier alpha value is -2.81. The molecule has 0 aliphatic carbocycles. The Kier molecular flexibility index (Phi) is 5.80. The number of halogens is 2. The molecule has 0 unspecified atom stereocenters. The number of hydrogen-bond acceptors (Lipinski definition) is 4. The van der Waals surface area contributed by atoms with Gasteiger partial charge in [-0.2, -0.15) is 10.4 Å². The number of nitriles is 1. The Morgan fingerprint density at radius 1 is 1.15 bits per heavy atom. The molecule has 1 aromatic heterocycles. The van der Waals surface area contributed by atoms with Crippen LogP contribution in [0, 0.1) is 18.3 Å². The van der Waals surface area contributed by atoms with Gasteiger partial charge in [0.25, 0.3) is 0 Å². The fourth-order valence-corrected chi connectivity index (χ4v) is 3.16. The summed E-state index contributed by atoms with van der Waals surface area (Å²) >= 11 is 12.6. The van der Waals surface area contributed by atoms with Crippen LogP contribution in [0.1, 0.15) is 32.7 Å². The lowest BCUT2D eigenvalue weighted by atomic mass is 10.1. The van der Waals surface area contributed by atoms with E-state index in [0.717, 1.165) is 5.56 Å². The lowest BCUT2D eigenvalue weighted by Crippen LogP contribution is -2.08. The van der Waals surface area contributed by atoms with Gasteiger partial charge in [0, 0.05) is 10.6 Å². The maximum absolute atomic E-state index is 12.5. The van der Waals surface area contributed by atoms with Crippen molar-refractivity contribution in [3.05, 3.63) is 86.7 Å². The van der Waals surface area contributed by atoms with Crippen LogP contribution in [-0.4, -0.2) is 15.7 Å². The van der Waals surface area contributed by atoms with E-state index in [1.54, 1.807) is 37.3 Å². The molecule has 0 aliphatic heterocycles. The average molecular weight is 400 g/mol. The number of nitrogens with zero attached hydrogens (tertiary/aromatic N) is 3. The van der Waals surface area contributed by atoms with Gasteiger partial charge in [0.1, 0.15) is 17.3 Å². The molecule has 0 spiro atoms. The fourth-order valence-electron chi connectivity index (χ4n) is 2.65. The third kappa shape index (κ3) is 4.13. The maximum Gasteiger partial charge on any atom is 0.343 e. The van der Waals surface area contributed by atoms with Gasteiger partial charge in [0.15, 0.2) is 0 Å². The van der Waals surface area contributed by atoms with Crippen LogP contribution in [0.5, 0.6) is 0 Å². The molecule has 136 valence electrons. The summed E-state index contributed by atoms with van der Waals surface area (Å²) in [7, 11) is 0. The highest BCUT2D eigenvalue weighted by atomic mass is 35.5. The first-order valence-corrected chi connectivity index (χ1v) is 8.88. The first-order chi connectivity index (χ1) is 13.0. The molecule has 2 aromatic carbocycles. The highest BCUT2D eigenvalue weighted by Gasteiger charge is 2.22. The zero-order valence-corrected chi connectivity index (χ0v) is 16.0. The van der Waals surface area contributed by atoms with Gasteiger partial charge in [-0.05, 0) is 24.6 Å². The molecule has 0 amide bonds. The van der Waals surface area contributed by atoms with Crippen molar-refractivity contribution in [2.75, 3.05) is 0 Å². The predicted molar refractivity (Wildman–Crippen MR) is 103 cm³/mol. The van der Waals surface area contributed by atoms with Crippen molar-refractivity contribution in [3.63, 3.8) is 0 Å². The van der Waals surface area contributed by atoms with E-state index in [1.165, 1.54) is 4.68 Å². The van der Waals surface area contributed by atoms with Crippen molar-refractivity contribution in [2.24, 2.45) is 0 Å². The Labute approximate surface area is 166 Å². The lowest BCUT2D eigenvalue weighted by Gasteiger charge is -2.07. The number of ether oxygens (including phenoxy) is 1. The summed E-state index contributed by atoms with van der Waals surface area (Å²) in [6.45, 7) is 2.01. The van der Waals surface area contributed by atoms with E-state index >= 15 is 0 Å². The summed E-state index contributed by atoms with van der Waals surface area (Å²) < 4.78 is 6.86. The van der Waals surface area contributed by atoms with Crippen LogP contribution >= 0.6 is 23.2 Å². The summed E-state index contributed by atoms with van der Waals surface area (Å²) in [4.78, 5) is 12.5. The smallest absolute Gasteiger partial charge is 0.343 e. The molecule has 0 radical (unpaired) electrons. The second kappa shape index (κ2) is 8.26. The molecule has 3 rings (SSSR count). The third-order valence-electron chi connectivity index (χ3n) is 4.04. The predicted octanol–water partition coefficient (Wildman–Crippen LogP) is 4.78. The minimum atomic E-state index is -0.587. The van der Waals surface area contributed by atoms with Gasteiger partial charge in [0.05, 0.1) is 23.9 Å². The quantitative estimate of drug-likeness (QED) is 0.579. The number of carbonyl (C=O) groups excluding carboxylic acids is 1. The van der Waals surface area contributed by atoms with Crippen molar-refractivity contribution in [3.8, 4) is 6.07 Å². The van der Waals surface area contributed by atoms with E-state index in [4.69, 9.17) is 33.2 Å².